The third-order valence-corrected chi connectivity index (χ3v) is 3.51. The molecule has 2 rings (SSSR count). The summed E-state index contributed by atoms with van der Waals surface area (Å²) >= 11 is 0. The highest BCUT2D eigenvalue weighted by Crippen LogP contribution is 2.21. The average molecular weight is 232 g/mol. The minimum absolute atomic E-state index is 0.0810. The molecule has 1 aromatic rings. The predicted octanol–water partition coefficient (Wildman–Crippen LogP) is 2.67. The third kappa shape index (κ3) is 2.60. The van der Waals surface area contributed by atoms with Gasteiger partial charge in [0, 0.05) is 18.3 Å². The molecule has 17 heavy (non-hydrogen) atoms. The Morgan fingerprint density at radius 1 is 1.29 bits per heavy atom. The van der Waals surface area contributed by atoms with E-state index in [-0.39, 0.29) is 5.91 Å². The number of anilines is 1. The first kappa shape index (κ1) is 12.0. The predicted molar refractivity (Wildman–Crippen MR) is 69.8 cm³/mol. The van der Waals surface area contributed by atoms with E-state index in [2.05, 4.69) is 6.92 Å². The molecule has 92 valence electrons. The molecule has 1 aliphatic rings. The molecular weight excluding hydrogens is 212 g/mol. The zero-order valence-electron chi connectivity index (χ0n) is 10.4. The zero-order valence-corrected chi connectivity index (χ0v) is 10.4. The molecular formula is C14H20N2O. The quantitative estimate of drug-likeness (QED) is 0.757. The van der Waals surface area contributed by atoms with Gasteiger partial charge < -0.3 is 10.6 Å². The topological polar surface area (TPSA) is 46.3 Å². The molecule has 1 heterocycles. The number of nitrogen functional groups attached to an aromatic ring is 1. The molecule has 0 spiro atoms. The van der Waals surface area contributed by atoms with Gasteiger partial charge in [0.1, 0.15) is 0 Å². The van der Waals surface area contributed by atoms with Crippen molar-refractivity contribution in [3.8, 4) is 0 Å². The van der Waals surface area contributed by atoms with Gasteiger partial charge in [-0.25, -0.2) is 0 Å². The molecule has 0 aromatic heterocycles. The second-order valence-corrected chi connectivity index (χ2v) is 4.78. The maximum Gasteiger partial charge on any atom is 0.256 e. The minimum atomic E-state index is 0.0810. The first-order valence-electron chi connectivity index (χ1n) is 6.35. The van der Waals surface area contributed by atoms with E-state index in [4.69, 9.17) is 5.73 Å². The van der Waals surface area contributed by atoms with E-state index in [0.717, 1.165) is 19.4 Å². The maximum atomic E-state index is 12.4. The fourth-order valence-corrected chi connectivity index (χ4v) is 2.42. The van der Waals surface area contributed by atoms with Crippen LogP contribution in [0.25, 0.3) is 0 Å². The Hall–Kier alpha value is -1.51. The largest absolute Gasteiger partial charge is 0.398 e. The van der Waals surface area contributed by atoms with Gasteiger partial charge in [-0.15, -0.1) is 0 Å². The van der Waals surface area contributed by atoms with Crippen molar-refractivity contribution < 1.29 is 4.79 Å². The van der Waals surface area contributed by atoms with Crippen molar-refractivity contribution in [2.24, 2.45) is 0 Å². The Labute approximate surface area is 103 Å². The molecule has 2 N–H and O–H groups in total. The summed E-state index contributed by atoms with van der Waals surface area (Å²) in [5.74, 6) is 0.0810. The van der Waals surface area contributed by atoms with Crippen LogP contribution in [0.5, 0.6) is 0 Å². The van der Waals surface area contributed by atoms with E-state index in [1.807, 2.05) is 23.1 Å². The lowest BCUT2D eigenvalue weighted by Crippen LogP contribution is -2.38. The van der Waals surface area contributed by atoms with Crippen molar-refractivity contribution in [3.05, 3.63) is 29.8 Å². The highest BCUT2D eigenvalue weighted by molar-refractivity contribution is 5.99. The van der Waals surface area contributed by atoms with Crippen molar-refractivity contribution in [1.29, 1.82) is 0 Å². The first-order valence-corrected chi connectivity index (χ1v) is 6.35. The summed E-state index contributed by atoms with van der Waals surface area (Å²) in [6.07, 6.45) is 4.63. The van der Waals surface area contributed by atoms with E-state index in [1.54, 1.807) is 6.07 Å². The van der Waals surface area contributed by atoms with Crippen molar-refractivity contribution in [2.45, 2.75) is 38.6 Å². The Balaban J connectivity index is 2.21. The lowest BCUT2D eigenvalue weighted by atomic mass is 10.1. The molecule has 1 aromatic carbocycles. The normalized spacial score (nSPS) is 21.0. The second kappa shape index (κ2) is 5.21. The third-order valence-electron chi connectivity index (χ3n) is 3.51. The average Bonchev–Trinajstić information content (AvgIpc) is 2.54. The summed E-state index contributed by atoms with van der Waals surface area (Å²) in [4.78, 5) is 14.4. The molecule has 0 radical (unpaired) electrons. The van der Waals surface area contributed by atoms with Gasteiger partial charge in [-0.2, -0.15) is 0 Å². The van der Waals surface area contributed by atoms with Gasteiger partial charge in [-0.05, 0) is 31.9 Å². The fraction of sp³-hybridized carbons (Fsp3) is 0.500. The van der Waals surface area contributed by atoms with Gasteiger partial charge in [0.2, 0.25) is 0 Å². The van der Waals surface area contributed by atoms with Crippen LogP contribution in [0, 0.1) is 0 Å². The SMILES string of the molecule is CC1CCCCCN1C(=O)c1ccccc1N. The van der Waals surface area contributed by atoms with Gasteiger partial charge in [0.25, 0.3) is 5.91 Å². The second-order valence-electron chi connectivity index (χ2n) is 4.78. The number of para-hydroxylation sites is 1. The number of hydrogen-bond acceptors (Lipinski definition) is 2. The number of likely N-dealkylation sites (tertiary alicyclic amines) is 1. The summed E-state index contributed by atoms with van der Waals surface area (Å²) in [5.41, 5.74) is 7.08. The molecule has 1 amide bonds. The lowest BCUT2D eigenvalue weighted by Gasteiger charge is -2.27. The summed E-state index contributed by atoms with van der Waals surface area (Å²) < 4.78 is 0. The number of benzene rings is 1. The van der Waals surface area contributed by atoms with Crippen molar-refractivity contribution >= 4 is 11.6 Å². The molecule has 0 bridgehead atoms. The Kier molecular flexibility index (Phi) is 3.67. The van der Waals surface area contributed by atoms with Crippen LogP contribution in [0.1, 0.15) is 43.0 Å². The molecule has 1 atom stereocenters. The van der Waals surface area contributed by atoms with Crippen molar-refractivity contribution in [3.63, 3.8) is 0 Å². The summed E-state index contributed by atoms with van der Waals surface area (Å²) in [6.45, 7) is 2.98. The molecule has 1 aliphatic heterocycles. The van der Waals surface area contributed by atoms with Crippen molar-refractivity contribution in [2.75, 3.05) is 12.3 Å². The number of carbonyl (C=O) groups is 1. The zero-order chi connectivity index (χ0) is 12.3. The first-order chi connectivity index (χ1) is 8.20. The van der Waals surface area contributed by atoms with E-state index in [0.29, 0.717) is 17.3 Å². The van der Waals surface area contributed by atoms with Crippen LogP contribution in [0.2, 0.25) is 0 Å². The van der Waals surface area contributed by atoms with E-state index < -0.39 is 0 Å². The Morgan fingerprint density at radius 2 is 2.06 bits per heavy atom. The van der Waals surface area contributed by atoms with Crippen LogP contribution in [0.3, 0.4) is 0 Å². The molecule has 3 nitrogen and oxygen atoms in total. The van der Waals surface area contributed by atoms with Gasteiger partial charge in [-0.3, -0.25) is 4.79 Å². The van der Waals surface area contributed by atoms with Gasteiger partial charge in [0.05, 0.1) is 5.56 Å². The van der Waals surface area contributed by atoms with E-state index in [1.165, 1.54) is 12.8 Å². The lowest BCUT2D eigenvalue weighted by molar-refractivity contribution is 0.0699. The molecule has 1 saturated heterocycles. The van der Waals surface area contributed by atoms with Crippen LogP contribution in [0.15, 0.2) is 24.3 Å². The highest BCUT2D eigenvalue weighted by atomic mass is 16.2. The number of nitrogens with two attached hydrogens (primary N) is 1. The summed E-state index contributed by atoms with van der Waals surface area (Å²) in [5, 5.41) is 0. The van der Waals surface area contributed by atoms with Crippen LogP contribution in [0.4, 0.5) is 5.69 Å². The molecule has 0 aliphatic carbocycles. The Morgan fingerprint density at radius 3 is 2.82 bits per heavy atom. The van der Waals surface area contributed by atoms with Gasteiger partial charge in [-0.1, -0.05) is 25.0 Å². The molecule has 0 saturated carbocycles. The Bertz CT molecular complexity index is 403. The van der Waals surface area contributed by atoms with E-state index in [9.17, 15) is 4.79 Å². The summed E-state index contributed by atoms with van der Waals surface area (Å²) in [6, 6.07) is 7.65. The van der Waals surface area contributed by atoms with E-state index >= 15 is 0 Å². The fourth-order valence-electron chi connectivity index (χ4n) is 2.42. The standard InChI is InChI=1S/C14H20N2O/c1-11-7-3-2-6-10-16(11)14(17)12-8-4-5-9-13(12)15/h4-5,8-9,11H,2-3,6-7,10,15H2,1H3. The van der Waals surface area contributed by atoms with Crippen LogP contribution in [-0.2, 0) is 0 Å². The van der Waals surface area contributed by atoms with Gasteiger partial charge in [0.15, 0.2) is 0 Å². The number of carbonyl (C=O) groups excluding carboxylic acids is 1. The molecule has 1 unspecified atom stereocenters. The number of nitrogens with zero attached hydrogens (tertiary/aromatic N) is 1. The number of rotatable bonds is 1. The van der Waals surface area contributed by atoms with Crippen molar-refractivity contribution in [1.82, 2.24) is 4.90 Å². The minimum Gasteiger partial charge on any atom is -0.398 e. The number of amides is 1. The van der Waals surface area contributed by atoms with Crippen LogP contribution >= 0.6 is 0 Å². The smallest absolute Gasteiger partial charge is 0.256 e. The van der Waals surface area contributed by atoms with Crippen LogP contribution in [-0.4, -0.2) is 23.4 Å². The van der Waals surface area contributed by atoms with Gasteiger partial charge >= 0.3 is 0 Å². The highest BCUT2D eigenvalue weighted by Gasteiger charge is 2.23. The molecule has 1 fully saturated rings. The maximum absolute atomic E-state index is 12.4. The summed E-state index contributed by atoms with van der Waals surface area (Å²) in [7, 11) is 0. The van der Waals surface area contributed by atoms with Crippen LogP contribution < -0.4 is 5.73 Å². The monoisotopic (exact) mass is 232 g/mol. The number of hydrogen-bond donors (Lipinski definition) is 1. The molecule has 3 heteroatoms.